The molecule has 6 heteroatoms. The predicted molar refractivity (Wildman–Crippen MR) is 69.9 cm³/mol. The summed E-state index contributed by atoms with van der Waals surface area (Å²) < 4.78 is 27.0. The first-order valence-corrected chi connectivity index (χ1v) is 6.78. The van der Waals surface area contributed by atoms with Crippen molar-refractivity contribution in [2.75, 3.05) is 11.9 Å². The minimum Gasteiger partial charge on any atom is -0.392 e. The number of aliphatic hydroxyl groups excluding tert-OH is 1. The van der Waals surface area contributed by atoms with Gasteiger partial charge in [-0.25, -0.2) is 13.8 Å². The molecule has 0 aliphatic carbocycles. The van der Waals surface area contributed by atoms with E-state index in [1.807, 2.05) is 6.92 Å². The van der Waals surface area contributed by atoms with Crippen molar-refractivity contribution in [1.82, 2.24) is 4.98 Å². The Kier molecular flexibility index (Phi) is 5.81. The first kappa shape index (κ1) is 15.2. The van der Waals surface area contributed by atoms with Gasteiger partial charge in [-0.05, 0) is 13.3 Å². The molecule has 0 fully saturated rings. The van der Waals surface area contributed by atoms with E-state index in [1.54, 1.807) is 13.8 Å². The third-order valence-corrected chi connectivity index (χ3v) is 3.69. The lowest BCUT2D eigenvalue weighted by Gasteiger charge is -2.15. The number of anilines is 1. The lowest BCUT2D eigenvalue weighted by Crippen LogP contribution is -2.16. The highest BCUT2D eigenvalue weighted by Gasteiger charge is 2.17. The van der Waals surface area contributed by atoms with E-state index in [0.29, 0.717) is 6.54 Å². The van der Waals surface area contributed by atoms with Crippen molar-refractivity contribution in [3.05, 3.63) is 17.7 Å². The van der Waals surface area contributed by atoms with Crippen LogP contribution in [0.15, 0.2) is 11.1 Å². The molecule has 0 aliphatic rings. The zero-order valence-corrected chi connectivity index (χ0v) is 11.5. The second-order valence-corrected chi connectivity index (χ2v) is 5.46. The van der Waals surface area contributed by atoms with E-state index >= 15 is 0 Å². The van der Waals surface area contributed by atoms with Gasteiger partial charge in [-0.15, -0.1) is 0 Å². The molecule has 0 bridgehead atoms. The molecule has 0 amide bonds. The first-order chi connectivity index (χ1) is 8.45. The van der Waals surface area contributed by atoms with Gasteiger partial charge in [-0.3, -0.25) is 0 Å². The van der Waals surface area contributed by atoms with Crippen molar-refractivity contribution in [3.8, 4) is 0 Å². The van der Waals surface area contributed by atoms with Crippen LogP contribution in [0.1, 0.15) is 27.2 Å². The zero-order valence-electron chi connectivity index (χ0n) is 10.7. The molecule has 0 spiro atoms. The average molecular weight is 276 g/mol. The van der Waals surface area contributed by atoms with Crippen LogP contribution in [0.3, 0.4) is 0 Å². The fourth-order valence-electron chi connectivity index (χ4n) is 1.17. The lowest BCUT2D eigenvalue weighted by atomic mass is 10.3. The van der Waals surface area contributed by atoms with Crippen LogP contribution in [-0.4, -0.2) is 28.0 Å². The molecule has 1 heterocycles. The monoisotopic (exact) mass is 276 g/mol. The van der Waals surface area contributed by atoms with Crippen LogP contribution in [0.25, 0.3) is 0 Å². The maximum absolute atomic E-state index is 13.5. The Labute approximate surface area is 110 Å². The number of hydrogen-bond acceptors (Lipinski definition) is 4. The summed E-state index contributed by atoms with van der Waals surface area (Å²) in [5.74, 6) is -1.35. The summed E-state index contributed by atoms with van der Waals surface area (Å²) in [5.41, 5.74) is 0. The second-order valence-electron chi connectivity index (χ2n) is 4.10. The Morgan fingerprint density at radius 1 is 1.39 bits per heavy atom. The molecular formula is C12H18F2N2OS. The maximum Gasteiger partial charge on any atom is 0.168 e. The van der Waals surface area contributed by atoms with Crippen molar-refractivity contribution in [1.29, 1.82) is 0 Å². The van der Waals surface area contributed by atoms with E-state index < -0.39 is 17.7 Å². The highest BCUT2D eigenvalue weighted by Crippen LogP contribution is 2.28. The van der Waals surface area contributed by atoms with Gasteiger partial charge in [0.15, 0.2) is 17.5 Å². The molecule has 3 nitrogen and oxygen atoms in total. The third-order valence-electron chi connectivity index (χ3n) is 2.42. The highest BCUT2D eigenvalue weighted by molar-refractivity contribution is 7.99. The molecule has 0 aliphatic heterocycles. The first-order valence-electron chi connectivity index (χ1n) is 5.90. The smallest absolute Gasteiger partial charge is 0.168 e. The molecule has 2 unspecified atom stereocenters. The van der Waals surface area contributed by atoms with Gasteiger partial charge in [-0.1, -0.05) is 25.6 Å². The Hall–Kier alpha value is -0.880. The summed E-state index contributed by atoms with van der Waals surface area (Å²) in [7, 11) is 0. The van der Waals surface area contributed by atoms with Crippen LogP contribution >= 0.6 is 11.8 Å². The standard InChI is InChI=1S/C12H18F2N2OS/c1-4-5-15-11-9(13)6-10(14)12(16-11)18-8(3)7(2)17/h6-8,17H,4-5H2,1-3H3,(H,15,16). The van der Waals surface area contributed by atoms with Gasteiger partial charge in [-0.2, -0.15) is 0 Å². The van der Waals surface area contributed by atoms with Crippen LogP contribution in [0.2, 0.25) is 0 Å². The molecule has 0 saturated carbocycles. The van der Waals surface area contributed by atoms with Crippen molar-refractivity contribution in [3.63, 3.8) is 0 Å². The van der Waals surface area contributed by atoms with Crippen molar-refractivity contribution in [2.45, 2.75) is 43.6 Å². The Bertz CT molecular complexity index is 402. The molecule has 0 aromatic carbocycles. The summed E-state index contributed by atoms with van der Waals surface area (Å²) in [4.78, 5) is 3.92. The summed E-state index contributed by atoms with van der Waals surface area (Å²) in [6.07, 6.45) is 0.235. The summed E-state index contributed by atoms with van der Waals surface area (Å²) in [5, 5.41) is 12.1. The Morgan fingerprint density at radius 3 is 2.61 bits per heavy atom. The zero-order chi connectivity index (χ0) is 13.7. The van der Waals surface area contributed by atoms with Crippen LogP contribution in [0.5, 0.6) is 0 Å². The van der Waals surface area contributed by atoms with E-state index in [1.165, 1.54) is 0 Å². The number of aromatic nitrogens is 1. The predicted octanol–water partition coefficient (Wildman–Crippen LogP) is 3.04. The molecule has 2 atom stereocenters. The second kappa shape index (κ2) is 6.89. The number of aliphatic hydroxyl groups is 1. The molecule has 0 saturated heterocycles. The van der Waals surface area contributed by atoms with Crippen LogP contribution < -0.4 is 5.32 Å². The number of pyridine rings is 1. The van der Waals surface area contributed by atoms with Gasteiger partial charge in [0.25, 0.3) is 0 Å². The number of nitrogens with zero attached hydrogens (tertiary/aromatic N) is 1. The van der Waals surface area contributed by atoms with Gasteiger partial charge in [0.1, 0.15) is 5.03 Å². The highest BCUT2D eigenvalue weighted by atomic mass is 32.2. The maximum atomic E-state index is 13.5. The summed E-state index contributed by atoms with van der Waals surface area (Å²) in [6, 6.07) is 0.822. The molecular weight excluding hydrogens is 258 g/mol. The van der Waals surface area contributed by atoms with Gasteiger partial charge in [0, 0.05) is 17.9 Å². The largest absolute Gasteiger partial charge is 0.392 e. The fraction of sp³-hybridized carbons (Fsp3) is 0.583. The SMILES string of the molecule is CCCNc1nc(SC(C)C(C)O)c(F)cc1F. The normalized spacial score (nSPS) is 14.3. The number of thioether (sulfide) groups is 1. The molecule has 0 radical (unpaired) electrons. The number of rotatable bonds is 6. The molecule has 1 aromatic rings. The Balaban J connectivity index is 2.90. The van der Waals surface area contributed by atoms with Gasteiger partial charge >= 0.3 is 0 Å². The quantitative estimate of drug-likeness (QED) is 0.784. The van der Waals surface area contributed by atoms with Gasteiger partial charge in [0.2, 0.25) is 0 Å². The van der Waals surface area contributed by atoms with Crippen molar-refractivity contribution in [2.24, 2.45) is 0 Å². The molecule has 1 aromatic heterocycles. The van der Waals surface area contributed by atoms with Crippen molar-refractivity contribution >= 4 is 17.6 Å². The Morgan fingerprint density at radius 2 is 2.06 bits per heavy atom. The topological polar surface area (TPSA) is 45.2 Å². The van der Waals surface area contributed by atoms with Gasteiger partial charge < -0.3 is 10.4 Å². The average Bonchev–Trinajstić information content (AvgIpc) is 2.30. The number of halogens is 2. The number of nitrogens with one attached hydrogen (secondary N) is 1. The van der Waals surface area contributed by atoms with E-state index in [-0.39, 0.29) is 16.1 Å². The van der Waals surface area contributed by atoms with E-state index in [9.17, 15) is 13.9 Å². The molecule has 102 valence electrons. The number of hydrogen-bond donors (Lipinski definition) is 2. The van der Waals surface area contributed by atoms with Gasteiger partial charge in [0.05, 0.1) is 6.10 Å². The molecule has 2 N–H and O–H groups in total. The fourth-order valence-corrected chi connectivity index (χ4v) is 2.04. The molecule has 1 rings (SSSR count). The lowest BCUT2D eigenvalue weighted by molar-refractivity contribution is 0.196. The van der Waals surface area contributed by atoms with Crippen LogP contribution in [-0.2, 0) is 0 Å². The molecule has 18 heavy (non-hydrogen) atoms. The van der Waals surface area contributed by atoms with E-state index in [4.69, 9.17) is 0 Å². The van der Waals surface area contributed by atoms with E-state index in [2.05, 4.69) is 10.3 Å². The van der Waals surface area contributed by atoms with Crippen LogP contribution in [0.4, 0.5) is 14.6 Å². The minimum absolute atomic E-state index is 0.0542. The summed E-state index contributed by atoms with van der Waals surface area (Å²) >= 11 is 1.09. The third kappa shape index (κ3) is 4.10. The van der Waals surface area contributed by atoms with Crippen LogP contribution in [0, 0.1) is 11.6 Å². The van der Waals surface area contributed by atoms with Crippen molar-refractivity contribution < 1.29 is 13.9 Å². The summed E-state index contributed by atoms with van der Waals surface area (Å²) in [6.45, 7) is 5.90. The van der Waals surface area contributed by atoms with E-state index in [0.717, 1.165) is 24.2 Å². The minimum atomic E-state index is -0.702.